The lowest BCUT2D eigenvalue weighted by Crippen LogP contribution is -2.30. The molecule has 1 fully saturated rings. The van der Waals surface area contributed by atoms with E-state index in [0.717, 1.165) is 0 Å². The lowest BCUT2D eigenvalue weighted by atomic mass is 10.1. The van der Waals surface area contributed by atoms with E-state index in [2.05, 4.69) is 0 Å². The summed E-state index contributed by atoms with van der Waals surface area (Å²) in [5.41, 5.74) is 0.0324. The number of β-amino-alcohol motifs (C(OH)–C–C–N with tert-alkyl or cyclic N) is 1. The molecular weight excluding hydrogens is 242 g/mol. The fourth-order valence-electron chi connectivity index (χ4n) is 2.11. The van der Waals surface area contributed by atoms with Gasteiger partial charge in [-0.05, 0) is 31.5 Å². The van der Waals surface area contributed by atoms with Crippen LogP contribution in [-0.2, 0) is 0 Å². The third-order valence-corrected chi connectivity index (χ3v) is 3.22. The molecule has 0 spiro atoms. The smallest absolute Gasteiger partial charge is 0.337 e. The summed E-state index contributed by atoms with van der Waals surface area (Å²) in [5.74, 6) is -1.01. The second-order valence-electron chi connectivity index (χ2n) is 4.64. The lowest BCUT2D eigenvalue weighted by Gasteiger charge is -2.22. The van der Waals surface area contributed by atoms with Gasteiger partial charge in [-0.3, -0.25) is 0 Å². The summed E-state index contributed by atoms with van der Waals surface area (Å²) in [6.45, 7) is 2.84. The Morgan fingerprint density at radius 1 is 1.53 bits per heavy atom. The van der Waals surface area contributed by atoms with Gasteiger partial charge in [0.1, 0.15) is 0 Å². The molecule has 0 aliphatic carbocycles. The highest BCUT2D eigenvalue weighted by atomic mass is 35.5. The van der Waals surface area contributed by atoms with Gasteiger partial charge in [0.25, 0.3) is 0 Å². The highest BCUT2D eigenvalue weighted by molar-refractivity contribution is 6.31. The Morgan fingerprint density at radius 3 is 2.76 bits per heavy atom. The number of aromatic carboxylic acids is 1. The van der Waals surface area contributed by atoms with Gasteiger partial charge in [0, 0.05) is 18.1 Å². The van der Waals surface area contributed by atoms with Gasteiger partial charge >= 0.3 is 5.97 Å². The molecule has 0 aromatic heterocycles. The summed E-state index contributed by atoms with van der Waals surface area (Å²) in [7, 11) is 0. The first kappa shape index (κ1) is 12.2. The quantitative estimate of drug-likeness (QED) is 0.849. The second-order valence-corrected chi connectivity index (χ2v) is 5.07. The molecule has 0 radical (unpaired) electrons. The van der Waals surface area contributed by atoms with E-state index >= 15 is 0 Å². The molecule has 1 aliphatic rings. The number of nitrogens with zero attached hydrogens (tertiary/aromatic N) is 1. The molecule has 1 unspecified atom stereocenters. The van der Waals surface area contributed by atoms with Crippen LogP contribution in [0.2, 0.25) is 5.02 Å². The maximum absolute atomic E-state index is 11.1. The third kappa shape index (κ3) is 2.53. The molecule has 0 saturated carbocycles. The van der Waals surface area contributed by atoms with Gasteiger partial charge in [0.05, 0.1) is 16.9 Å². The first-order valence-corrected chi connectivity index (χ1v) is 5.77. The average Bonchev–Trinajstić information content (AvgIpc) is 2.58. The van der Waals surface area contributed by atoms with Crippen LogP contribution >= 0.6 is 11.6 Å². The van der Waals surface area contributed by atoms with Crippen molar-refractivity contribution in [2.45, 2.75) is 18.9 Å². The van der Waals surface area contributed by atoms with Gasteiger partial charge < -0.3 is 15.1 Å². The first-order chi connectivity index (χ1) is 7.89. The number of carbonyl (C=O) groups is 1. The molecule has 1 aromatic carbocycles. The molecule has 1 atom stereocenters. The Bertz CT molecular complexity index is 459. The van der Waals surface area contributed by atoms with E-state index in [1.165, 1.54) is 6.07 Å². The molecule has 2 rings (SSSR count). The van der Waals surface area contributed by atoms with Crippen molar-refractivity contribution in [1.29, 1.82) is 0 Å². The van der Waals surface area contributed by atoms with Gasteiger partial charge in [-0.2, -0.15) is 0 Å². The van der Waals surface area contributed by atoms with Crippen molar-refractivity contribution in [3.63, 3.8) is 0 Å². The first-order valence-electron chi connectivity index (χ1n) is 5.39. The van der Waals surface area contributed by atoms with Gasteiger partial charge in [0.15, 0.2) is 0 Å². The standard InChI is InChI=1S/C12H14ClNO3/c1-12(17)4-5-14(7-12)10-3-2-8(13)6-9(10)11(15)16/h2-3,6,17H,4-5,7H2,1H3,(H,15,16). The molecule has 17 heavy (non-hydrogen) atoms. The predicted molar refractivity (Wildman–Crippen MR) is 65.9 cm³/mol. The van der Waals surface area contributed by atoms with Crippen molar-refractivity contribution < 1.29 is 15.0 Å². The second kappa shape index (κ2) is 4.20. The molecule has 2 N–H and O–H groups in total. The van der Waals surface area contributed by atoms with Gasteiger partial charge in [-0.1, -0.05) is 11.6 Å². The monoisotopic (exact) mass is 255 g/mol. The maximum Gasteiger partial charge on any atom is 0.337 e. The van der Waals surface area contributed by atoms with Crippen LogP contribution < -0.4 is 4.90 Å². The number of hydrogen-bond acceptors (Lipinski definition) is 3. The van der Waals surface area contributed by atoms with Crippen molar-refractivity contribution >= 4 is 23.3 Å². The number of anilines is 1. The number of hydrogen-bond donors (Lipinski definition) is 2. The SMILES string of the molecule is CC1(O)CCN(c2ccc(Cl)cc2C(=O)O)C1. The van der Waals surface area contributed by atoms with E-state index in [1.807, 2.05) is 4.90 Å². The van der Waals surface area contributed by atoms with E-state index in [0.29, 0.717) is 30.2 Å². The van der Waals surface area contributed by atoms with Crippen molar-refractivity contribution in [2.24, 2.45) is 0 Å². The number of halogens is 1. The fraction of sp³-hybridized carbons (Fsp3) is 0.417. The van der Waals surface area contributed by atoms with Gasteiger partial charge in [0.2, 0.25) is 0 Å². The molecule has 1 aliphatic heterocycles. The Kier molecular flexibility index (Phi) is 3.02. The molecule has 1 saturated heterocycles. The zero-order valence-corrected chi connectivity index (χ0v) is 10.2. The van der Waals surface area contributed by atoms with E-state index in [1.54, 1.807) is 19.1 Å². The van der Waals surface area contributed by atoms with Crippen LogP contribution in [0.4, 0.5) is 5.69 Å². The number of carboxylic acids is 1. The molecule has 1 heterocycles. The topological polar surface area (TPSA) is 60.8 Å². The summed E-state index contributed by atoms with van der Waals surface area (Å²) in [6, 6.07) is 4.79. The third-order valence-electron chi connectivity index (χ3n) is 2.98. The van der Waals surface area contributed by atoms with Crippen molar-refractivity contribution in [2.75, 3.05) is 18.0 Å². The Morgan fingerprint density at radius 2 is 2.24 bits per heavy atom. The lowest BCUT2D eigenvalue weighted by molar-refractivity contribution is 0.0695. The minimum atomic E-state index is -1.01. The van der Waals surface area contributed by atoms with E-state index in [9.17, 15) is 9.90 Å². The Balaban J connectivity index is 2.36. The highest BCUT2D eigenvalue weighted by Gasteiger charge is 2.32. The van der Waals surface area contributed by atoms with Crippen LogP contribution in [0.25, 0.3) is 0 Å². The molecule has 4 nitrogen and oxygen atoms in total. The maximum atomic E-state index is 11.1. The molecule has 0 amide bonds. The molecule has 1 aromatic rings. The van der Waals surface area contributed by atoms with Gasteiger partial charge in [-0.25, -0.2) is 4.79 Å². The van der Waals surface area contributed by atoms with E-state index < -0.39 is 11.6 Å². The average molecular weight is 256 g/mol. The normalized spacial score (nSPS) is 24.1. The van der Waals surface area contributed by atoms with Crippen molar-refractivity contribution in [3.05, 3.63) is 28.8 Å². The Hall–Kier alpha value is -1.26. The predicted octanol–water partition coefficient (Wildman–Crippen LogP) is 2.00. The number of rotatable bonds is 2. The Labute approximate surface area is 104 Å². The number of carboxylic acid groups (broad SMARTS) is 1. The van der Waals surface area contributed by atoms with Crippen LogP contribution in [0.15, 0.2) is 18.2 Å². The largest absolute Gasteiger partial charge is 0.478 e. The number of aliphatic hydroxyl groups is 1. The molecule has 0 bridgehead atoms. The summed E-state index contributed by atoms with van der Waals surface area (Å²) >= 11 is 5.79. The van der Waals surface area contributed by atoms with Crippen molar-refractivity contribution in [1.82, 2.24) is 0 Å². The number of benzene rings is 1. The summed E-state index contributed by atoms with van der Waals surface area (Å²) in [4.78, 5) is 13.0. The van der Waals surface area contributed by atoms with Crippen LogP contribution in [-0.4, -0.2) is 34.9 Å². The van der Waals surface area contributed by atoms with Crippen LogP contribution in [0, 0.1) is 0 Å². The minimum absolute atomic E-state index is 0.176. The molecule has 5 heteroatoms. The molecular formula is C12H14ClNO3. The summed E-state index contributed by atoms with van der Waals surface area (Å²) < 4.78 is 0. The minimum Gasteiger partial charge on any atom is -0.478 e. The summed E-state index contributed by atoms with van der Waals surface area (Å²) in [6.07, 6.45) is 0.634. The highest BCUT2D eigenvalue weighted by Crippen LogP contribution is 2.30. The summed E-state index contributed by atoms with van der Waals surface area (Å²) in [5, 5.41) is 19.4. The zero-order valence-electron chi connectivity index (χ0n) is 9.48. The van der Waals surface area contributed by atoms with E-state index in [-0.39, 0.29) is 5.56 Å². The van der Waals surface area contributed by atoms with Crippen LogP contribution in [0.3, 0.4) is 0 Å². The van der Waals surface area contributed by atoms with E-state index in [4.69, 9.17) is 16.7 Å². The fourth-order valence-corrected chi connectivity index (χ4v) is 2.28. The van der Waals surface area contributed by atoms with Crippen LogP contribution in [0.1, 0.15) is 23.7 Å². The van der Waals surface area contributed by atoms with Gasteiger partial charge in [-0.15, -0.1) is 0 Å². The molecule has 92 valence electrons. The van der Waals surface area contributed by atoms with Crippen molar-refractivity contribution in [3.8, 4) is 0 Å². The van der Waals surface area contributed by atoms with Crippen LogP contribution in [0.5, 0.6) is 0 Å². The zero-order chi connectivity index (χ0) is 12.6.